The predicted molar refractivity (Wildman–Crippen MR) is 209 cm³/mol. The largest absolute Gasteiger partial charge is 0.493 e. The van der Waals surface area contributed by atoms with Gasteiger partial charge >= 0.3 is 7.82 Å². The lowest BCUT2D eigenvalue weighted by Crippen LogP contribution is -2.63. The van der Waals surface area contributed by atoms with Crippen LogP contribution in [0.4, 0.5) is 25.4 Å². The molecule has 1 atom stereocenters. The molecule has 0 spiro atoms. The number of rotatable bonds is 15. The summed E-state index contributed by atoms with van der Waals surface area (Å²) in [6.07, 6.45) is 6.54. The molecule has 2 aromatic heterocycles. The SMILES string of the molecule is COc1cc2c(Nc3ncc(CC(=O)Nc4ccc(F)cc4F)s3)ncnc2cc1OCCCN1CCCCC1C(COP(=O)(O)O)(C(C)(C)C)C(C)(C)C. The Morgan fingerprint density at radius 2 is 1.78 bits per heavy atom. The second-order valence-electron chi connectivity index (χ2n) is 15.8. The van der Waals surface area contributed by atoms with E-state index in [1.54, 1.807) is 19.2 Å². The molecule has 4 aromatic rings. The van der Waals surface area contributed by atoms with Crippen LogP contribution in [-0.2, 0) is 20.3 Å². The number of phosphoric acid groups is 1. The number of anilines is 3. The highest BCUT2D eigenvalue weighted by atomic mass is 32.1. The van der Waals surface area contributed by atoms with Gasteiger partial charge in [0.2, 0.25) is 5.91 Å². The van der Waals surface area contributed by atoms with E-state index in [0.29, 0.717) is 57.3 Å². The molecule has 13 nitrogen and oxygen atoms in total. The highest BCUT2D eigenvalue weighted by Gasteiger charge is 2.58. The summed E-state index contributed by atoms with van der Waals surface area (Å²) < 4.78 is 56.5. The molecule has 4 N–H and O–H groups in total. The first-order valence-electron chi connectivity index (χ1n) is 18.2. The Kier molecular flexibility index (Phi) is 13.2. The number of halogens is 2. The molecule has 5 rings (SSSR count). The third kappa shape index (κ3) is 10.2. The van der Waals surface area contributed by atoms with E-state index in [9.17, 15) is 27.9 Å². The highest BCUT2D eigenvalue weighted by molar-refractivity contribution is 7.46. The third-order valence-electron chi connectivity index (χ3n) is 10.4. The van der Waals surface area contributed by atoms with Gasteiger partial charge in [-0.25, -0.2) is 28.3 Å². The Hall–Kier alpha value is -3.79. The number of benzene rings is 2. The van der Waals surface area contributed by atoms with Crippen LogP contribution in [0, 0.1) is 27.9 Å². The number of carbonyl (C=O) groups excluding carboxylic acids is 1. The average Bonchev–Trinajstić information content (AvgIpc) is 3.53. The van der Waals surface area contributed by atoms with Gasteiger partial charge in [-0.05, 0) is 54.8 Å². The van der Waals surface area contributed by atoms with Crippen LogP contribution in [0.25, 0.3) is 10.9 Å². The zero-order chi connectivity index (χ0) is 40.2. The number of methoxy groups -OCH3 is 1. The molecular formula is C38H51F2N6O7PS. The summed E-state index contributed by atoms with van der Waals surface area (Å²) >= 11 is 1.23. The molecule has 1 aliphatic heterocycles. The number of fused-ring (bicyclic) bond motifs is 1. The van der Waals surface area contributed by atoms with Gasteiger partial charge in [0.25, 0.3) is 0 Å². The van der Waals surface area contributed by atoms with Crippen molar-refractivity contribution in [3.8, 4) is 11.5 Å². The smallest absolute Gasteiger partial charge is 0.469 e. The Labute approximate surface area is 324 Å². The lowest BCUT2D eigenvalue weighted by molar-refractivity contribution is -0.142. The molecule has 3 heterocycles. The molecule has 55 heavy (non-hydrogen) atoms. The number of phosphoric ester groups is 1. The van der Waals surface area contributed by atoms with Crippen LogP contribution in [-0.4, -0.2) is 75.0 Å². The van der Waals surface area contributed by atoms with Crippen molar-refractivity contribution >= 4 is 52.6 Å². The Morgan fingerprint density at radius 3 is 2.45 bits per heavy atom. The number of hydrogen-bond acceptors (Lipinski definition) is 11. The molecule has 1 aliphatic rings. The Balaban J connectivity index is 1.25. The molecule has 0 saturated carbocycles. The van der Waals surface area contributed by atoms with Crippen molar-refractivity contribution in [3.63, 3.8) is 0 Å². The minimum Gasteiger partial charge on any atom is -0.493 e. The minimum absolute atomic E-state index is 0.0303. The van der Waals surface area contributed by atoms with Crippen molar-refractivity contribution in [2.24, 2.45) is 16.2 Å². The van der Waals surface area contributed by atoms with Crippen molar-refractivity contribution in [1.29, 1.82) is 0 Å². The summed E-state index contributed by atoms with van der Waals surface area (Å²) in [7, 11) is -3.14. The van der Waals surface area contributed by atoms with Crippen molar-refractivity contribution in [3.05, 3.63) is 59.4 Å². The lowest BCUT2D eigenvalue weighted by atomic mass is 9.50. The third-order valence-corrected chi connectivity index (χ3v) is 11.8. The van der Waals surface area contributed by atoms with E-state index in [-0.39, 0.29) is 35.6 Å². The number of hydrogen-bond donors (Lipinski definition) is 4. The monoisotopic (exact) mass is 804 g/mol. The number of likely N-dealkylation sites (tertiary alicyclic amines) is 1. The standard InChI is InChI=1S/C38H51F2N6O7PS/c1-36(2,3)38(37(4,5)6,22-53-54(48,49)50)32-11-8-9-14-46(32)15-10-16-52-31-20-29-26(19-30(31)51-7)34(43-23-42-29)45-35-41-21-25(55-35)18-33(47)44-28-13-12-24(39)17-27(28)40/h12-13,17,19-21,23,32H,8-11,14-16,18,22H2,1-7H3,(H,44,47)(H2,48,49,50)(H,41,42,43,45). The van der Waals surface area contributed by atoms with Crippen LogP contribution >= 0.6 is 19.2 Å². The van der Waals surface area contributed by atoms with E-state index >= 15 is 0 Å². The number of piperidine rings is 1. The number of ether oxygens (including phenoxy) is 2. The van der Waals surface area contributed by atoms with Gasteiger partial charge in [-0.1, -0.05) is 48.0 Å². The van der Waals surface area contributed by atoms with Gasteiger partial charge in [0.1, 0.15) is 23.8 Å². The molecule has 1 saturated heterocycles. The minimum atomic E-state index is -4.69. The highest BCUT2D eigenvalue weighted by Crippen LogP contribution is 2.58. The second-order valence-corrected chi connectivity index (χ2v) is 18.2. The van der Waals surface area contributed by atoms with Gasteiger partial charge in [0, 0.05) is 46.6 Å². The van der Waals surface area contributed by atoms with E-state index in [1.165, 1.54) is 29.9 Å². The van der Waals surface area contributed by atoms with Crippen molar-refractivity contribution in [2.75, 3.05) is 44.0 Å². The summed E-state index contributed by atoms with van der Waals surface area (Å²) in [5, 5.41) is 6.77. The fraction of sp³-hybridized carbons (Fsp3) is 0.526. The summed E-state index contributed by atoms with van der Waals surface area (Å²) in [6, 6.07) is 6.55. The number of nitrogens with one attached hydrogen (secondary N) is 2. The van der Waals surface area contributed by atoms with Gasteiger partial charge in [-0.3, -0.25) is 14.2 Å². The quantitative estimate of drug-likeness (QED) is 0.0674. The molecule has 0 bridgehead atoms. The molecule has 17 heteroatoms. The summed E-state index contributed by atoms with van der Waals surface area (Å²) in [5.41, 5.74) is -0.750. The van der Waals surface area contributed by atoms with E-state index < -0.39 is 30.8 Å². The van der Waals surface area contributed by atoms with Crippen LogP contribution in [0.3, 0.4) is 0 Å². The molecule has 2 aromatic carbocycles. The first kappa shape index (κ1) is 42.4. The van der Waals surface area contributed by atoms with Gasteiger partial charge in [0.15, 0.2) is 16.6 Å². The topological polar surface area (TPSA) is 168 Å². The zero-order valence-electron chi connectivity index (χ0n) is 32.3. The molecule has 300 valence electrons. The molecule has 1 amide bonds. The number of amides is 1. The van der Waals surface area contributed by atoms with E-state index in [1.807, 2.05) is 0 Å². The number of thiazole rings is 1. The van der Waals surface area contributed by atoms with Crippen molar-refractivity contribution < 1.29 is 41.9 Å². The van der Waals surface area contributed by atoms with Crippen LogP contribution in [0.1, 0.15) is 72.1 Å². The molecule has 1 unspecified atom stereocenters. The van der Waals surface area contributed by atoms with Gasteiger partial charge in [-0.2, -0.15) is 0 Å². The molecule has 0 aliphatic carbocycles. The van der Waals surface area contributed by atoms with Gasteiger partial charge < -0.3 is 29.9 Å². The van der Waals surface area contributed by atoms with E-state index in [4.69, 9.17) is 14.0 Å². The molecular weight excluding hydrogens is 753 g/mol. The average molecular weight is 805 g/mol. The van der Waals surface area contributed by atoms with E-state index in [2.05, 4.69) is 72.0 Å². The van der Waals surface area contributed by atoms with Crippen molar-refractivity contribution in [2.45, 2.75) is 79.7 Å². The summed E-state index contributed by atoms with van der Waals surface area (Å²) in [6.45, 7) is 14.7. The Morgan fingerprint density at radius 1 is 1.04 bits per heavy atom. The normalized spacial score (nSPS) is 15.9. The van der Waals surface area contributed by atoms with Crippen LogP contribution in [0.15, 0.2) is 42.9 Å². The van der Waals surface area contributed by atoms with E-state index in [0.717, 1.165) is 38.4 Å². The first-order chi connectivity index (χ1) is 25.8. The van der Waals surface area contributed by atoms with Crippen LogP contribution in [0.2, 0.25) is 0 Å². The van der Waals surface area contributed by atoms with Crippen LogP contribution in [0.5, 0.6) is 11.5 Å². The summed E-state index contributed by atoms with van der Waals surface area (Å²) in [4.78, 5) is 48.3. The summed E-state index contributed by atoms with van der Waals surface area (Å²) in [5.74, 6) is -0.600. The van der Waals surface area contributed by atoms with Crippen LogP contribution < -0.4 is 20.1 Å². The maximum Gasteiger partial charge on any atom is 0.469 e. The maximum absolute atomic E-state index is 14.0. The maximum atomic E-state index is 14.0. The number of carbonyl (C=O) groups is 1. The van der Waals surface area contributed by atoms with Gasteiger partial charge in [0.05, 0.1) is 37.9 Å². The van der Waals surface area contributed by atoms with Gasteiger partial charge in [-0.15, -0.1) is 11.3 Å². The Bertz CT molecular complexity index is 2000. The fourth-order valence-corrected chi connectivity index (χ4v) is 9.22. The first-order valence-corrected chi connectivity index (χ1v) is 20.5. The zero-order valence-corrected chi connectivity index (χ0v) is 34.0. The fourth-order valence-electron chi connectivity index (χ4n) is 8.03. The second kappa shape index (κ2) is 17.1. The molecule has 0 radical (unpaired) electrons. The lowest BCUT2D eigenvalue weighted by Gasteiger charge is -2.61. The number of nitrogens with zero attached hydrogens (tertiary/aromatic N) is 4. The number of aromatic nitrogens is 3. The van der Waals surface area contributed by atoms with Crippen molar-refractivity contribution in [1.82, 2.24) is 19.9 Å². The predicted octanol–water partition coefficient (Wildman–Crippen LogP) is 8.11. The molecule has 1 fully saturated rings.